The molecule has 4 rings (SSSR count). The predicted octanol–water partition coefficient (Wildman–Crippen LogP) is 0.890. The van der Waals surface area contributed by atoms with Crippen LogP contribution in [0.15, 0.2) is 52.2 Å². The van der Waals surface area contributed by atoms with E-state index in [0.29, 0.717) is 17.1 Å². The summed E-state index contributed by atoms with van der Waals surface area (Å²) >= 11 is 1.12. The van der Waals surface area contributed by atoms with Crippen LogP contribution in [0, 0.1) is 6.92 Å². The molecule has 1 aliphatic carbocycles. The molecule has 1 aliphatic rings. The summed E-state index contributed by atoms with van der Waals surface area (Å²) in [6.45, 7) is 5.69. The molecule has 0 amide bonds. The Morgan fingerprint density at radius 2 is 1.86 bits per heavy atom. The van der Waals surface area contributed by atoms with Gasteiger partial charge in [-0.2, -0.15) is 8.42 Å². The molecule has 10 heteroatoms. The molecule has 184 valence electrons. The van der Waals surface area contributed by atoms with E-state index >= 15 is 0 Å². The van der Waals surface area contributed by atoms with Gasteiger partial charge < -0.3 is 14.6 Å². The first-order valence-electron chi connectivity index (χ1n) is 11.4. The number of carboxylic acids is 1. The maximum atomic E-state index is 13.6. The Morgan fingerprint density at radius 1 is 1.19 bits per heavy atom. The molecule has 1 aromatic heterocycles. The van der Waals surface area contributed by atoms with Crippen LogP contribution in [-0.4, -0.2) is 25.4 Å². The van der Waals surface area contributed by atoms with E-state index < -0.39 is 16.0 Å². The van der Waals surface area contributed by atoms with E-state index in [1.807, 2.05) is 38.1 Å². The van der Waals surface area contributed by atoms with Gasteiger partial charge in [-0.3, -0.25) is 4.31 Å². The molecule has 0 unspecified atom stereocenters. The van der Waals surface area contributed by atoms with Crippen LogP contribution in [0.4, 0.5) is 5.69 Å². The molecule has 7 nitrogen and oxygen atoms in total. The third-order valence-electron chi connectivity index (χ3n) is 5.74. The molecule has 0 aliphatic heterocycles. The van der Waals surface area contributed by atoms with Crippen LogP contribution >= 0.6 is 11.3 Å². The summed E-state index contributed by atoms with van der Waals surface area (Å²) in [5, 5.41) is 12.3. The average molecular weight is 551 g/mol. The Bertz CT molecular complexity index is 1370. The number of hydrogen-bond acceptors (Lipinski definition) is 7. The minimum Gasteiger partial charge on any atom is -0.545 e. The van der Waals surface area contributed by atoms with Gasteiger partial charge in [0.05, 0.1) is 11.7 Å². The molecule has 3 aromatic rings. The molecule has 0 spiro atoms. The van der Waals surface area contributed by atoms with Crippen LogP contribution < -0.4 is 65.5 Å². The smallest absolute Gasteiger partial charge is 0.545 e. The van der Waals surface area contributed by atoms with Crippen LogP contribution in [0.2, 0.25) is 0 Å². The summed E-state index contributed by atoms with van der Waals surface area (Å²) in [5.41, 5.74) is 5.11. The van der Waals surface area contributed by atoms with Gasteiger partial charge in [0, 0.05) is 17.1 Å². The first kappa shape index (κ1) is 29.0. The van der Waals surface area contributed by atoms with E-state index in [4.69, 9.17) is 4.74 Å². The maximum Gasteiger partial charge on any atom is 1.00 e. The van der Waals surface area contributed by atoms with Crippen LogP contribution in [0.3, 0.4) is 0 Å². The van der Waals surface area contributed by atoms with Gasteiger partial charge in [0.1, 0.15) is 12.4 Å². The number of carboxylic acid groups (broad SMARTS) is 1. The largest absolute Gasteiger partial charge is 1.00 e. The molecule has 0 N–H and O–H groups in total. The number of fused-ring (bicyclic) bond motifs is 1. The fourth-order valence-corrected chi connectivity index (χ4v) is 6.92. The van der Waals surface area contributed by atoms with Crippen molar-refractivity contribution in [3.05, 3.63) is 75.8 Å². The average Bonchev–Trinajstić information content (AvgIpc) is 3.45. The summed E-state index contributed by atoms with van der Waals surface area (Å²) in [6, 6.07) is 10.8. The minimum atomic E-state index is -3.87. The standard InChI is InChI=1S/C26H28N2O5S2.K/c1-17(2)28(35(31,32)26-27-18(3)16-34-26)23-13-21-5-4-6-22(21)14-24(23)33-15-20-9-7-19(8-10-20)11-12-25(29)30;/h7-14,16-17H,4-6,15H2,1-3H3,(H,29,30);/q;+1/p-1. The number of aryl methyl sites for hydroxylation is 3. The van der Waals surface area contributed by atoms with Crippen molar-refractivity contribution < 1.29 is 74.4 Å². The SMILES string of the molecule is Cc1csc(S(=O)(=O)N(c2cc3c(cc2OCc2ccc(C=CC(=O)[O-])cc2)CCC3)C(C)C)n1.[K+]. The molecule has 36 heavy (non-hydrogen) atoms. The third kappa shape index (κ3) is 6.66. The van der Waals surface area contributed by atoms with Crippen molar-refractivity contribution in [3.63, 3.8) is 0 Å². The second kappa shape index (κ2) is 12.3. The molecule has 0 radical (unpaired) electrons. The topological polar surface area (TPSA) is 99.6 Å². The van der Waals surface area contributed by atoms with Gasteiger partial charge in [-0.15, -0.1) is 11.3 Å². The van der Waals surface area contributed by atoms with E-state index in [2.05, 4.69) is 4.98 Å². The number of anilines is 1. The molecular weight excluding hydrogens is 524 g/mol. The maximum absolute atomic E-state index is 13.6. The minimum absolute atomic E-state index is 0. The van der Waals surface area contributed by atoms with Crippen LogP contribution in [0.25, 0.3) is 6.08 Å². The normalized spacial score (nSPS) is 13.0. The molecule has 0 saturated heterocycles. The summed E-state index contributed by atoms with van der Waals surface area (Å²) in [6.07, 6.45) is 5.31. The van der Waals surface area contributed by atoms with Gasteiger partial charge in [0.25, 0.3) is 10.0 Å². The molecular formula is C26H27KN2O5S2. The molecule has 0 saturated carbocycles. The predicted molar refractivity (Wildman–Crippen MR) is 135 cm³/mol. The Hall–Kier alpha value is -1.53. The second-order valence-electron chi connectivity index (χ2n) is 8.77. The Kier molecular flexibility index (Phi) is 9.95. The van der Waals surface area contributed by atoms with Gasteiger partial charge in [0.2, 0.25) is 4.34 Å². The zero-order valence-electron chi connectivity index (χ0n) is 20.9. The molecule has 1 heterocycles. The van der Waals surface area contributed by atoms with Crippen LogP contribution in [0.1, 0.15) is 48.2 Å². The van der Waals surface area contributed by atoms with E-state index in [9.17, 15) is 18.3 Å². The van der Waals surface area contributed by atoms with Crippen molar-refractivity contribution in [2.75, 3.05) is 4.31 Å². The van der Waals surface area contributed by atoms with Gasteiger partial charge in [-0.1, -0.05) is 30.3 Å². The Balaban J connectivity index is 0.00000361. The zero-order valence-corrected chi connectivity index (χ0v) is 25.6. The van der Waals surface area contributed by atoms with E-state index in [1.54, 1.807) is 24.4 Å². The molecule has 0 atom stereocenters. The quantitative estimate of drug-likeness (QED) is 0.290. The summed E-state index contributed by atoms with van der Waals surface area (Å²) in [5.74, 6) is -0.740. The number of aromatic nitrogens is 1. The molecule has 0 fully saturated rings. The van der Waals surface area contributed by atoms with Crippen molar-refractivity contribution in [3.8, 4) is 5.75 Å². The molecule has 2 aromatic carbocycles. The first-order valence-corrected chi connectivity index (χ1v) is 13.7. The summed E-state index contributed by atoms with van der Waals surface area (Å²) in [4.78, 5) is 14.9. The van der Waals surface area contributed by atoms with Crippen LogP contribution in [-0.2, 0) is 34.3 Å². The monoisotopic (exact) mass is 550 g/mol. The number of aliphatic carboxylic acids is 1. The van der Waals surface area contributed by atoms with Crippen molar-refractivity contribution in [1.29, 1.82) is 0 Å². The van der Waals surface area contributed by atoms with Gasteiger partial charge in [-0.25, -0.2) is 4.98 Å². The number of carbonyl (C=O) groups excluding carboxylic acids is 1. The number of nitrogens with zero attached hydrogens (tertiary/aromatic N) is 2. The van der Waals surface area contributed by atoms with Crippen LogP contribution in [0.5, 0.6) is 5.75 Å². The number of hydrogen-bond donors (Lipinski definition) is 0. The van der Waals surface area contributed by atoms with E-state index in [0.717, 1.165) is 53.4 Å². The summed E-state index contributed by atoms with van der Waals surface area (Å²) < 4.78 is 34.9. The fraction of sp³-hybridized carbons (Fsp3) is 0.308. The van der Waals surface area contributed by atoms with Gasteiger partial charge in [0.15, 0.2) is 0 Å². The number of thiazole rings is 1. The summed E-state index contributed by atoms with van der Waals surface area (Å²) in [7, 11) is -3.87. The third-order valence-corrected chi connectivity index (χ3v) is 9.08. The number of carbonyl (C=O) groups is 1. The van der Waals surface area contributed by atoms with Gasteiger partial charge >= 0.3 is 51.4 Å². The fourth-order valence-electron chi connectivity index (χ4n) is 4.15. The second-order valence-corrected chi connectivity index (χ2v) is 11.6. The number of ether oxygens (including phenoxy) is 1. The number of sulfonamides is 1. The van der Waals surface area contributed by atoms with Crippen molar-refractivity contribution in [2.45, 2.75) is 57.0 Å². The first-order chi connectivity index (χ1) is 16.6. The number of rotatable bonds is 9. The Labute approximate surface area is 258 Å². The van der Waals surface area contributed by atoms with Crippen molar-refractivity contribution in [1.82, 2.24) is 4.98 Å². The van der Waals surface area contributed by atoms with E-state index in [-0.39, 0.29) is 68.4 Å². The zero-order chi connectivity index (χ0) is 25.2. The Morgan fingerprint density at radius 3 is 2.44 bits per heavy atom. The number of benzene rings is 2. The molecule has 0 bridgehead atoms. The van der Waals surface area contributed by atoms with Crippen molar-refractivity contribution >= 4 is 39.1 Å². The van der Waals surface area contributed by atoms with Gasteiger partial charge in [-0.05, 0) is 80.5 Å². The van der Waals surface area contributed by atoms with E-state index in [1.165, 1.54) is 15.9 Å². The van der Waals surface area contributed by atoms with Crippen molar-refractivity contribution in [2.24, 2.45) is 0 Å².